The van der Waals surface area contributed by atoms with Gasteiger partial charge < -0.3 is 4.89 Å². The summed E-state index contributed by atoms with van der Waals surface area (Å²) in [6, 6.07) is 30.5. The Labute approximate surface area is 236 Å². The predicted molar refractivity (Wildman–Crippen MR) is 164 cm³/mol. The van der Waals surface area contributed by atoms with Gasteiger partial charge >= 0.3 is 0 Å². The Kier molecular flexibility index (Phi) is 8.35. The van der Waals surface area contributed by atoms with Crippen LogP contribution in [0.4, 0.5) is 0 Å². The fourth-order valence-electron chi connectivity index (χ4n) is 6.49. The van der Waals surface area contributed by atoms with E-state index in [1.165, 1.54) is 55.6 Å². The smallest absolute Gasteiger partial charge is 0.0951 e. The van der Waals surface area contributed by atoms with Crippen LogP contribution in [0.2, 0.25) is 0 Å². The van der Waals surface area contributed by atoms with Crippen molar-refractivity contribution in [3.05, 3.63) is 141 Å². The average Bonchev–Trinajstić information content (AvgIpc) is 2.90. The first-order valence-corrected chi connectivity index (χ1v) is 15.3. The third kappa shape index (κ3) is 5.88. The number of rotatable bonds is 6. The first-order chi connectivity index (χ1) is 18.7. The molecule has 4 aromatic rings. The molecule has 0 aromatic heterocycles. The normalized spacial score (nSPS) is 20.3. The van der Waals surface area contributed by atoms with Gasteiger partial charge in [-0.25, -0.2) is 0 Å². The van der Waals surface area contributed by atoms with Crippen molar-refractivity contribution in [1.82, 2.24) is 9.34 Å². The van der Waals surface area contributed by atoms with Crippen LogP contribution < -0.4 is 4.89 Å². The number of hydrogen-bond acceptors (Lipinski definition) is 3. The standard InChI is InChI=1S/C35H41N2OP/c1-24-17-26(3)32(27(4)18-24)22-36-34(30-13-9-7-10-14-30)21-35(31-15-11-8-12-16-31)37(39(36)38)23-33-28(5)19-25(2)20-29(33)6/h7-20,34-35,39H,21-23H2,1-6H3. The highest BCUT2D eigenvalue weighted by molar-refractivity contribution is 7.44. The molecule has 39 heavy (non-hydrogen) atoms. The van der Waals surface area contributed by atoms with Gasteiger partial charge in [-0.05, 0) is 92.5 Å². The minimum absolute atomic E-state index is 0.0689. The monoisotopic (exact) mass is 536 g/mol. The van der Waals surface area contributed by atoms with Crippen LogP contribution in [-0.4, -0.2) is 9.34 Å². The van der Waals surface area contributed by atoms with Crippen molar-refractivity contribution in [3.8, 4) is 0 Å². The predicted octanol–water partition coefficient (Wildman–Crippen LogP) is 8.05. The molecule has 1 aliphatic heterocycles. The highest BCUT2D eigenvalue weighted by atomic mass is 31.2. The second kappa shape index (κ2) is 11.7. The van der Waals surface area contributed by atoms with E-state index in [2.05, 4.69) is 136 Å². The zero-order chi connectivity index (χ0) is 27.7. The van der Waals surface area contributed by atoms with Gasteiger partial charge in [0.05, 0.1) is 33.6 Å². The molecule has 2 unspecified atom stereocenters. The van der Waals surface area contributed by atoms with Crippen LogP contribution >= 0.6 is 8.45 Å². The molecule has 0 bridgehead atoms. The summed E-state index contributed by atoms with van der Waals surface area (Å²) in [5.41, 5.74) is 12.7. The van der Waals surface area contributed by atoms with Gasteiger partial charge in [-0.15, -0.1) is 0 Å². The van der Waals surface area contributed by atoms with Crippen LogP contribution in [0, 0.1) is 41.5 Å². The maximum Gasteiger partial charge on any atom is 0.0951 e. The molecule has 0 spiro atoms. The van der Waals surface area contributed by atoms with Crippen molar-refractivity contribution in [1.29, 1.82) is 0 Å². The summed E-state index contributed by atoms with van der Waals surface area (Å²) in [5, 5.41) is 0. The molecule has 0 radical (unpaired) electrons. The Hall–Kier alpha value is -2.81. The highest BCUT2D eigenvalue weighted by Gasteiger charge is 2.44. The average molecular weight is 537 g/mol. The lowest BCUT2D eigenvalue weighted by atomic mass is 9.92. The summed E-state index contributed by atoms with van der Waals surface area (Å²) < 4.78 is 4.62. The van der Waals surface area contributed by atoms with Crippen molar-refractivity contribution >= 4 is 8.45 Å². The molecule has 3 nitrogen and oxygen atoms in total. The largest absolute Gasteiger partial charge is 0.652 e. The molecule has 0 N–H and O–H groups in total. The van der Waals surface area contributed by atoms with E-state index in [0.29, 0.717) is 13.1 Å². The summed E-state index contributed by atoms with van der Waals surface area (Å²) in [6.07, 6.45) is 0.887. The fraction of sp³-hybridized carbons (Fsp3) is 0.314. The van der Waals surface area contributed by atoms with E-state index in [1.807, 2.05) is 0 Å². The van der Waals surface area contributed by atoms with Crippen LogP contribution in [0.25, 0.3) is 0 Å². The number of hydrogen-bond donors (Lipinski definition) is 0. The van der Waals surface area contributed by atoms with Crippen LogP contribution in [0.3, 0.4) is 0 Å². The lowest BCUT2D eigenvalue weighted by Crippen LogP contribution is -2.44. The third-order valence-electron chi connectivity index (χ3n) is 8.40. The molecule has 0 saturated carbocycles. The van der Waals surface area contributed by atoms with E-state index in [-0.39, 0.29) is 12.1 Å². The molecular weight excluding hydrogens is 495 g/mol. The first kappa shape index (κ1) is 27.7. The molecule has 5 rings (SSSR count). The van der Waals surface area contributed by atoms with E-state index in [0.717, 1.165) is 6.42 Å². The quantitative estimate of drug-likeness (QED) is 0.234. The Bertz CT molecular complexity index is 1280. The van der Waals surface area contributed by atoms with Gasteiger partial charge in [0.1, 0.15) is 0 Å². The van der Waals surface area contributed by atoms with Crippen molar-refractivity contribution in [2.75, 3.05) is 0 Å². The van der Waals surface area contributed by atoms with Gasteiger partial charge in [-0.3, -0.25) is 0 Å². The third-order valence-corrected chi connectivity index (χ3v) is 10.3. The van der Waals surface area contributed by atoms with Gasteiger partial charge in [-0.1, -0.05) is 96.1 Å². The molecule has 0 aliphatic carbocycles. The maximum absolute atomic E-state index is 14.9. The molecule has 0 amide bonds. The summed E-state index contributed by atoms with van der Waals surface area (Å²) in [5.74, 6) is 0. The van der Waals surface area contributed by atoms with Crippen LogP contribution in [-0.2, 0) is 13.1 Å². The van der Waals surface area contributed by atoms with Gasteiger partial charge in [0, 0.05) is 0 Å². The first-order valence-electron chi connectivity index (χ1n) is 14.0. The van der Waals surface area contributed by atoms with E-state index in [9.17, 15) is 4.89 Å². The van der Waals surface area contributed by atoms with Crippen molar-refractivity contribution in [2.45, 2.75) is 73.1 Å². The molecule has 1 fully saturated rings. The van der Waals surface area contributed by atoms with Gasteiger partial charge in [0.2, 0.25) is 0 Å². The second-order valence-corrected chi connectivity index (χ2v) is 13.1. The Morgan fingerprint density at radius 1 is 0.590 bits per heavy atom. The summed E-state index contributed by atoms with van der Waals surface area (Å²) >= 11 is 0. The SMILES string of the molecule is Cc1cc(C)c(CN2C(c3ccccc3)CC(c3ccccc3)N(Cc3c(C)cc(C)cc3C)[PH+]2[O-])c(C)c1. The lowest BCUT2D eigenvalue weighted by molar-refractivity contribution is -0.193. The van der Waals surface area contributed by atoms with Gasteiger partial charge in [-0.2, -0.15) is 9.34 Å². The van der Waals surface area contributed by atoms with Crippen molar-refractivity contribution < 1.29 is 4.89 Å². The molecule has 202 valence electrons. The van der Waals surface area contributed by atoms with Gasteiger partial charge in [0.25, 0.3) is 0 Å². The summed E-state index contributed by atoms with van der Waals surface area (Å²) in [7, 11) is -2.32. The van der Waals surface area contributed by atoms with Crippen LogP contribution in [0.15, 0.2) is 84.9 Å². The lowest BCUT2D eigenvalue weighted by Gasteiger charge is -2.49. The van der Waals surface area contributed by atoms with Gasteiger partial charge in [0.15, 0.2) is 0 Å². The zero-order valence-electron chi connectivity index (χ0n) is 24.2. The van der Waals surface area contributed by atoms with Crippen LogP contribution in [0.5, 0.6) is 0 Å². The molecule has 1 aliphatic rings. The van der Waals surface area contributed by atoms with E-state index >= 15 is 0 Å². The Balaban J connectivity index is 1.61. The van der Waals surface area contributed by atoms with E-state index in [1.54, 1.807) is 0 Å². The Morgan fingerprint density at radius 3 is 1.26 bits per heavy atom. The maximum atomic E-state index is 14.9. The van der Waals surface area contributed by atoms with Crippen molar-refractivity contribution in [3.63, 3.8) is 0 Å². The minimum atomic E-state index is -2.32. The molecule has 4 aromatic carbocycles. The van der Waals surface area contributed by atoms with Crippen LogP contribution in [0.1, 0.15) is 74.1 Å². The molecular formula is C35H41N2OP. The molecule has 1 saturated heterocycles. The number of benzene rings is 4. The molecule has 1 heterocycles. The van der Waals surface area contributed by atoms with E-state index in [4.69, 9.17) is 0 Å². The number of aryl methyl sites for hydroxylation is 6. The minimum Gasteiger partial charge on any atom is -0.652 e. The fourth-order valence-corrected chi connectivity index (χ4v) is 8.45. The molecule has 4 heteroatoms. The summed E-state index contributed by atoms with van der Waals surface area (Å²) in [6.45, 7) is 14.4. The van der Waals surface area contributed by atoms with Crippen molar-refractivity contribution in [2.24, 2.45) is 0 Å². The molecule has 2 atom stereocenters. The highest BCUT2D eigenvalue weighted by Crippen LogP contribution is 2.57. The van der Waals surface area contributed by atoms with E-state index < -0.39 is 8.45 Å². The topological polar surface area (TPSA) is 29.5 Å². The second-order valence-electron chi connectivity index (χ2n) is 11.4. The summed E-state index contributed by atoms with van der Waals surface area (Å²) in [4.78, 5) is 14.9. The Morgan fingerprint density at radius 2 is 0.923 bits per heavy atom. The zero-order valence-corrected chi connectivity index (χ0v) is 25.2. The number of nitrogens with zero attached hydrogens (tertiary/aromatic N) is 2.